The van der Waals surface area contributed by atoms with E-state index in [-0.39, 0.29) is 24.7 Å². The summed E-state index contributed by atoms with van der Waals surface area (Å²) in [4.78, 5) is 11.5. The van der Waals surface area contributed by atoms with E-state index in [9.17, 15) is 4.79 Å². The van der Waals surface area contributed by atoms with Crippen LogP contribution in [0.4, 0.5) is 4.79 Å². The molecule has 0 aliphatic heterocycles. The van der Waals surface area contributed by atoms with Crippen LogP contribution in [-0.4, -0.2) is 29.8 Å². The van der Waals surface area contributed by atoms with E-state index in [0.29, 0.717) is 5.92 Å². The van der Waals surface area contributed by atoms with Crippen LogP contribution in [0.15, 0.2) is 0 Å². The Morgan fingerprint density at radius 2 is 1.88 bits per heavy atom. The number of urea groups is 1. The van der Waals surface area contributed by atoms with Gasteiger partial charge in [0.05, 0.1) is 12.6 Å². The van der Waals surface area contributed by atoms with Gasteiger partial charge in [-0.05, 0) is 32.6 Å². The SMILES string of the molecule is CC(CO)NC(=O)NC(C)C1CCCCC1. The van der Waals surface area contributed by atoms with E-state index in [4.69, 9.17) is 5.11 Å². The number of carbonyl (C=O) groups excluding carboxylic acids is 1. The maximum Gasteiger partial charge on any atom is 0.315 e. The molecule has 0 aromatic heterocycles. The van der Waals surface area contributed by atoms with Crippen molar-refractivity contribution >= 4 is 6.03 Å². The summed E-state index contributed by atoms with van der Waals surface area (Å²) in [6.07, 6.45) is 6.33. The number of aliphatic hydroxyl groups is 1. The van der Waals surface area contributed by atoms with Crippen LogP contribution in [0.2, 0.25) is 0 Å². The lowest BCUT2D eigenvalue weighted by Gasteiger charge is -2.28. The van der Waals surface area contributed by atoms with Gasteiger partial charge in [-0.25, -0.2) is 4.79 Å². The molecule has 3 N–H and O–H groups in total. The molecule has 0 radical (unpaired) electrons. The van der Waals surface area contributed by atoms with Crippen LogP contribution >= 0.6 is 0 Å². The minimum atomic E-state index is -0.182. The first-order valence-electron chi connectivity index (χ1n) is 6.31. The maximum absolute atomic E-state index is 11.5. The van der Waals surface area contributed by atoms with Crippen molar-refractivity contribution in [1.82, 2.24) is 10.6 Å². The highest BCUT2D eigenvalue weighted by molar-refractivity contribution is 5.74. The minimum Gasteiger partial charge on any atom is -0.394 e. The van der Waals surface area contributed by atoms with Gasteiger partial charge in [0.1, 0.15) is 0 Å². The van der Waals surface area contributed by atoms with Crippen molar-refractivity contribution in [3.05, 3.63) is 0 Å². The van der Waals surface area contributed by atoms with Gasteiger partial charge in [0, 0.05) is 6.04 Å². The lowest BCUT2D eigenvalue weighted by atomic mass is 9.85. The third-order valence-corrected chi connectivity index (χ3v) is 3.37. The van der Waals surface area contributed by atoms with Crippen molar-refractivity contribution < 1.29 is 9.90 Å². The van der Waals surface area contributed by atoms with E-state index in [2.05, 4.69) is 17.6 Å². The summed E-state index contributed by atoms with van der Waals surface area (Å²) < 4.78 is 0. The normalized spacial score (nSPS) is 21.2. The Hall–Kier alpha value is -0.770. The highest BCUT2D eigenvalue weighted by atomic mass is 16.3. The molecule has 0 saturated heterocycles. The first kappa shape index (κ1) is 13.3. The average Bonchev–Trinajstić information content (AvgIpc) is 2.29. The number of rotatable bonds is 4. The molecule has 94 valence electrons. The van der Waals surface area contributed by atoms with Gasteiger partial charge in [0.2, 0.25) is 0 Å². The van der Waals surface area contributed by atoms with Crippen molar-refractivity contribution in [2.75, 3.05) is 6.61 Å². The summed E-state index contributed by atoms with van der Waals surface area (Å²) in [5, 5.41) is 14.5. The van der Waals surface area contributed by atoms with Gasteiger partial charge in [-0.1, -0.05) is 19.3 Å². The van der Waals surface area contributed by atoms with Crippen LogP contribution < -0.4 is 10.6 Å². The standard InChI is InChI=1S/C12H24N2O2/c1-9(8-15)13-12(16)14-10(2)11-6-4-3-5-7-11/h9-11,15H,3-8H2,1-2H3,(H2,13,14,16). The summed E-state index contributed by atoms with van der Waals surface area (Å²) in [6, 6.07) is -0.121. The van der Waals surface area contributed by atoms with Crippen molar-refractivity contribution in [3.63, 3.8) is 0 Å². The van der Waals surface area contributed by atoms with Gasteiger partial charge >= 0.3 is 6.03 Å². The molecule has 0 aromatic carbocycles. The highest BCUT2D eigenvalue weighted by Gasteiger charge is 2.21. The Labute approximate surface area is 97.8 Å². The topological polar surface area (TPSA) is 61.4 Å². The second-order valence-corrected chi connectivity index (χ2v) is 4.89. The van der Waals surface area contributed by atoms with Gasteiger partial charge in [-0.15, -0.1) is 0 Å². The molecule has 16 heavy (non-hydrogen) atoms. The van der Waals surface area contributed by atoms with E-state index in [1.807, 2.05) is 0 Å². The van der Waals surface area contributed by atoms with Crippen LogP contribution in [0.5, 0.6) is 0 Å². The molecule has 1 aliphatic carbocycles. The zero-order valence-electron chi connectivity index (χ0n) is 10.3. The first-order valence-corrected chi connectivity index (χ1v) is 6.31. The van der Waals surface area contributed by atoms with E-state index in [1.165, 1.54) is 32.1 Å². The molecular formula is C12H24N2O2. The van der Waals surface area contributed by atoms with Crippen molar-refractivity contribution in [2.24, 2.45) is 5.92 Å². The Bertz CT molecular complexity index is 215. The Kier molecular flexibility index (Phi) is 5.60. The summed E-state index contributed by atoms with van der Waals surface area (Å²) in [6.45, 7) is 3.83. The summed E-state index contributed by atoms with van der Waals surface area (Å²) in [5.41, 5.74) is 0. The molecule has 0 heterocycles. The zero-order chi connectivity index (χ0) is 12.0. The molecule has 0 bridgehead atoms. The van der Waals surface area contributed by atoms with Gasteiger partial charge in [-0.2, -0.15) is 0 Å². The molecule has 4 nitrogen and oxygen atoms in total. The maximum atomic E-state index is 11.5. The Morgan fingerprint density at radius 3 is 2.44 bits per heavy atom. The van der Waals surface area contributed by atoms with Gasteiger partial charge in [0.15, 0.2) is 0 Å². The quantitative estimate of drug-likeness (QED) is 0.685. The van der Waals surface area contributed by atoms with Crippen molar-refractivity contribution in [2.45, 2.75) is 58.0 Å². The van der Waals surface area contributed by atoms with Gasteiger partial charge in [-0.3, -0.25) is 0 Å². The van der Waals surface area contributed by atoms with Gasteiger partial charge in [0.25, 0.3) is 0 Å². The molecular weight excluding hydrogens is 204 g/mol. The predicted molar refractivity (Wildman–Crippen MR) is 64.3 cm³/mol. The fourth-order valence-electron chi connectivity index (χ4n) is 2.27. The number of hydrogen-bond donors (Lipinski definition) is 3. The summed E-state index contributed by atoms with van der Waals surface area (Å²) in [7, 11) is 0. The highest BCUT2D eigenvalue weighted by Crippen LogP contribution is 2.26. The third-order valence-electron chi connectivity index (χ3n) is 3.37. The largest absolute Gasteiger partial charge is 0.394 e. The molecule has 1 fully saturated rings. The van der Waals surface area contributed by atoms with Crippen molar-refractivity contribution in [3.8, 4) is 0 Å². The molecule has 0 spiro atoms. The molecule has 2 amide bonds. The molecule has 1 aliphatic rings. The van der Waals surface area contributed by atoms with Crippen LogP contribution in [0, 0.1) is 5.92 Å². The zero-order valence-corrected chi connectivity index (χ0v) is 10.3. The second kappa shape index (κ2) is 6.74. The molecule has 0 aromatic rings. The number of nitrogens with one attached hydrogen (secondary N) is 2. The monoisotopic (exact) mass is 228 g/mol. The van der Waals surface area contributed by atoms with Crippen LogP contribution in [0.1, 0.15) is 46.0 Å². The third kappa shape index (κ3) is 4.39. The molecule has 1 saturated carbocycles. The number of carbonyl (C=O) groups is 1. The lowest BCUT2D eigenvalue weighted by molar-refractivity contribution is 0.209. The predicted octanol–water partition coefficient (Wildman–Crippen LogP) is 1.64. The van der Waals surface area contributed by atoms with Crippen molar-refractivity contribution in [1.29, 1.82) is 0 Å². The van der Waals surface area contributed by atoms with Crippen LogP contribution in [-0.2, 0) is 0 Å². The number of aliphatic hydroxyl groups excluding tert-OH is 1. The lowest BCUT2D eigenvalue weighted by Crippen LogP contribution is -2.48. The fourth-order valence-corrected chi connectivity index (χ4v) is 2.27. The smallest absolute Gasteiger partial charge is 0.315 e. The van der Waals surface area contributed by atoms with E-state index in [0.717, 1.165) is 0 Å². The van der Waals surface area contributed by atoms with Crippen LogP contribution in [0.3, 0.4) is 0 Å². The Balaban J connectivity index is 2.26. The van der Waals surface area contributed by atoms with E-state index < -0.39 is 0 Å². The van der Waals surface area contributed by atoms with E-state index >= 15 is 0 Å². The molecule has 1 rings (SSSR count). The first-order chi connectivity index (χ1) is 7.63. The number of amides is 2. The summed E-state index contributed by atoms with van der Waals surface area (Å²) in [5.74, 6) is 0.615. The average molecular weight is 228 g/mol. The van der Waals surface area contributed by atoms with E-state index in [1.54, 1.807) is 6.92 Å². The second-order valence-electron chi connectivity index (χ2n) is 4.89. The fraction of sp³-hybridized carbons (Fsp3) is 0.917. The molecule has 2 atom stereocenters. The Morgan fingerprint density at radius 1 is 1.25 bits per heavy atom. The number of hydrogen-bond acceptors (Lipinski definition) is 2. The molecule has 4 heteroatoms. The molecule has 2 unspecified atom stereocenters. The summed E-state index contributed by atoms with van der Waals surface area (Å²) >= 11 is 0. The van der Waals surface area contributed by atoms with Gasteiger partial charge < -0.3 is 15.7 Å². The minimum absolute atomic E-state index is 0.0226. The van der Waals surface area contributed by atoms with Crippen LogP contribution in [0.25, 0.3) is 0 Å².